The quantitative estimate of drug-likeness (QED) is 0.530. The van der Waals surface area contributed by atoms with Crippen molar-refractivity contribution in [3.05, 3.63) is 23.3 Å². The minimum absolute atomic E-state index is 0.197. The van der Waals surface area contributed by atoms with E-state index in [9.17, 15) is 5.11 Å². The molecule has 0 saturated carbocycles. The maximum Gasteiger partial charge on any atom is 0.161 e. The third-order valence-electron chi connectivity index (χ3n) is 6.32. The third-order valence-corrected chi connectivity index (χ3v) is 6.32. The first-order valence-electron chi connectivity index (χ1n) is 10.3. The summed E-state index contributed by atoms with van der Waals surface area (Å²) in [5, 5.41) is 12.1. The second-order valence-electron chi connectivity index (χ2n) is 8.53. The molecule has 1 aromatic rings. The van der Waals surface area contributed by atoms with Gasteiger partial charge in [0.2, 0.25) is 0 Å². The second kappa shape index (κ2) is 8.65. The van der Waals surface area contributed by atoms with Crippen LogP contribution in [0.3, 0.4) is 0 Å². The molecule has 0 aromatic heterocycles. The Balaban J connectivity index is 2.43. The highest BCUT2D eigenvalue weighted by Gasteiger charge is 2.55. The van der Waals surface area contributed by atoms with Gasteiger partial charge in [-0.25, -0.2) is 0 Å². The molecule has 0 radical (unpaired) electrons. The maximum absolute atomic E-state index is 12.1. The number of ether oxygens (including phenoxy) is 2. The number of hydrogen-bond acceptors (Lipinski definition) is 3. The fourth-order valence-corrected chi connectivity index (χ4v) is 4.90. The Kier molecular flexibility index (Phi) is 7.01. The van der Waals surface area contributed by atoms with Crippen LogP contribution in [0, 0.1) is 11.3 Å². The average molecular weight is 363 g/mol. The molecule has 0 spiro atoms. The zero-order chi connectivity index (χ0) is 19.4. The van der Waals surface area contributed by atoms with Gasteiger partial charge in [-0.1, -0.05) is 59.8 Å². The molecule has 0 heterocycles. The number of methoxy groups -OCH3 is 2. The lowest BCUT2D eigenvalue weighted by molar-refractivity contribution is -0.113. The van der Waals surface area contributed by atoms with Gasteiger partial charge < -0.3 is 14.6 Å². The molecule has 148 valence electrons. The molecular formula is C23H38O3. The number of hydrogen-bond donors (Lipinski definition) is 1. The Hall–Kier alpha value is -1.22. The molecule has 0 amide bonds. The predicted octanol–water partition coefficient (Wildman–Crippen LogP) is 5.86. The van der Waals surface area contributed by atoms with Crippen LogP contribution >= 0.6 is 0 Å². The Morgan fingerprint density at radius 3 is 2.19 bits per heavy atom. The Morgan fingerprint density at radius 1 is 0.962 bits per heavy atom. The molecule has 0 aliphatic heterocycles. The standard InChI is InChI=1S/C23H38O3/c1-7-9-10-11-13-18(12-8-2)23(24)19-15-21(26-6)20(25-5)14-17(19)16-22(23,3)4/h14-15,18,24H,7-13,16H2,1-6H3. The summed E-state index contributed by atoms with van der Waals surface area (Å²) in [6.07, 6.45) is 9.08. The van der Waals surface area contributed by atoms with Gasteiger partial charge in [-0.15, -0.1) is 0 Å². The molecule has 2 atom stereocenters. The summed E-state index contributed by atoms with van der Waals surface area (Å²) in [7, 11) is 3.34. The van der Waals surface area contributed by atoms with Crippen molar-refractivity contribution < 1.29 is 14.6 Å². The number of benzene rings is 1. The predicted molar refractivity (Wildman–Crippen MR) is 108 cm³/mol. The SMILES string of the molecule is CCCCCCC(CCC)C1(O)c2cc(OC)c(OC)cc2CC1(C)C. The maximum atomic E-state index is 12.1. The summed E-state index contributed by atoms with van der Waals surface area (Å²) in [5.41, 5.74) is 1.24. The van der Waals surface area contributed by atoms with Crippen LogP contribution in [-0.4, -0.2) is 19.3 Å². The number of aliphatic hydroxyl groups is 1. The molecule has 1 aliphatic rings. The zero-order valence-electron chi connectivity index (χ0n) is 17.7. The number of fused-ring (bicyclic) bond motifs is 1. The van der Waals surface area contributed by atoms with Crippen molar-refractivity contribution in [1.29, 1.82) is 0 Å². The van der Waals surface area contributed by atoms with Gasteiger partial charge in [0.05, 0.1) is 19.8 Å². The second-order valence-corrected chi connectivity index (χ2v) is 8.53. The molecule has 1 aromatic carbocycles. The third kappa shape index (κ3) is 3.74. The van der Waals surface area contributed by atoms with Crippen molar-refractivity contribution in [3.8, 4) is 11.5 Å². The first-order chi connectivity index (χ1) is 12.4. The highest BCUT2D eigenvalue weighted by molar-refractivity contribution is 5.53. The van der Waals surface area contributed by atoms with Crippen molar-refractivity contribution in [2.24, 2.45) is 11.3 Å². The van der Waals surface area contributed by atoms with Crippen LogP contribution in [-0.2, 0) is 12.0 Å². The summed E-state index contributed by atoms with van der Waals surface area (Å²) >= 11 is 0. The summed E-state index contributed by atoms with van der Waals surface area (Å²) < 4.78 is 11.0. The molecule has 0 fully saturated rings. The molecule has 2 unspecified atom stereocenters. The lowest BCUT2D eigenvalue weighted by Gasteiger charge is -2.44. The normalized spacial score (nSPS) is 22.1. The Morgan fingerprint density at radius 2 is 1.62 bits per heavy atom. The summed E-state index contributed by atoms with van der Waals surface area (Å²) in [4.78, 5) is 0. The fraction of sp³-hybridized carbons (Fsp3) is 0.739. The minimum Gasteiger partial charge on any atom is -0.493 e. The average Bonchev–Trinajstić information content (AvgIpc) is 2.82. The van der Waals surface area contributed by atoms with E-state index in [1.165, 1.54) is 31.2 Å². The molecule has 1 aliphatic carbocycles. The summed E-state index contributed by atoms with van der Waals surface area (Å²) in [6, 6.07) is 4.09. The highest BCUT2D eigenvalue weighted by atomic mass is 16.5. The fourth-order valence-electron chi connectivity index (χ4n) is 4.90. The van der Waals surface area contributed by atoms with Gasteiger partial charge in [0.15, 0.2) is 11.5 Å². The summed E-state index contributed by atoms with van der Waals surface area (Å²) in [6.45, 7) is 8.88. The van der Waals surface area contributed by atoms with Crippen LogP contribution in [0.2, 0.25) is 0 Å². The molecule has 26 heavy (non-hydrogen) atoms. The minimum atomic E-state index is -0.815. The van der Waals surface area contributed by atoms with Crippen LogP contribution in [0.5, 0.6) is 11.5 Å². The van der Waals surface area contributed by atoms with E-state index in [1.54, 1.807) is 14.2 Å². The summed E-state index contributed by atoms with van der Waals surface area (Å²) in [5.74, 6) is 1.74. The van der Waals surface area contributed by atoms with Gasteiger partial charge in [-0.2, -0.15) is 0 Å². The molecule has 0 saturated heterocycles. The molecule has 1 N–H and O–H groups in total. The number of unbranched alkanes of at least 4 members (excludes halogenated alkanes) is 3. The van der Waals surface area contributed by atoms with Crippen LogP contribution in [0.4, 0.5) is 0 Å². The smallest absolute Gasteiger partial charge is 0.161 e. The lowest BCUT2D eigenvalue weighted by Crippen LogP contribution is -2.45. The van der Waals surface area contributed by atoms with Crippen molar-refractivity contribution in [3.63, 3.8) is 0 Å². The molecule has 3 nitrogen and oxygen atoms in total. The van der Waals surface area contributed by atoms with Crippen LogP contribution < -0.4 is 9.47 Å². The van der Waals surface area contributed by atoms with Gasteiger partial charge in [-0.05, 0) is 48.4 Å². The lowest BCUT2D eigenvalue weighted by atomic mass is 9.65. The molecular weight excluding hydrogens is 324 g/mol. The van der Waals surface area contributed by atoms with Gasteiger partial charge in [0.1, 0.15) is 0 Å². The van der Waals surface area contributed by atoms with Gasteiger partial charge >= 0.3 is 0 Å². The highest BCUT2D eigenvalue weighted by Crippen LogP contribution is 2.57. The molecule has 3 heteroatoms. The van der Waals surface area contributed by atoms with Crippen LogP contribution in [0.1, 0.15) is 83.8 Å². The molecule has 2 rings (SSSR count). The number of rotatable bonds is 10. The van der Waals surface area contributed by atoms with Crippen molar-refractivity contribution in [2.45, 2.75) is 84.7 Å². The van der Waals surface area contributed by atoms with E-state index < -0.39 is 5.60 Å². The Bertz CT molecular complexity index is 593. The Labute approximate surface area is 160 Å². The topological polar surface area (TPSA) is 38.7 Å². The van der Waals surface area contributed by atoms with Crippen molar-refractivity contribution in [2.75, 3.05) is 14.2 Å². The van der Waals surface area contributed by atoms with E-state index in [2.05, 4.69) is 33.8 Å². The van der Waals surface area contributed by atoms with Crippen LogP contribution in [0.25, 0.3) is 0 Å². The van der Waals surface area contributed by atoms with Gasteiger partial charge in [-0.3, -0.25) is 0 Å². The van der Waals surface area contributed by atoms with Gasteiger partial charge in [0.25, 0.3) is 0 Å². The van der Waals surface area contributed by atoms with E-state index >= 15 is 0 Å². The van der Waals surface area contributed by atoms with Gasteiger partial charge in [0, 0.05) is 5.41 Å². The largest absolute Gasteiger partial charge is 0.493 e. The van der Waals surface area contributed by atoms with E-state index in [1.807, 2.05) is 6.07 Å². The first kappa shape index (κ1) is 21.1. The van der Waals surface area contributed by atoms with Crippen LogP contribution in [0.15, 0.2) is 12.1 Å². The zero-order valence-corrected chi connectivity index (χ0v) is 17.7. The van der Waals surface area contributed by atoms with E-state index in [4.69, 9.17) is 9.47 Å². The van der Waals surface area contributed by atoms with E-state index in [0.29, 0.717) is 5.75 Å². The van der Waals surface area contributed by atoms with Crippen molar-refractivity contribution in [1.82, 2.24) is 0 Å². The van der Waals surface area contributed by atoms with Crippen molar-refractivity contribution >= 4 is 0 Å². The monoisotopic (exact) mass is 362 g/mol. The first-order valence-corrected chi connectivity index (χ1v) is 10.3. The van der Waals surface area contributed by atoms with E-state index in [0.717, 1.165) is 37.0 Å². The van der Waals surface area contributed by atoms with E-state index in [-0.39, 0.29) is 11.3 Å². The molecule has 0 bridgehead atoms.